The van der Waals surface area contributed by atoms with Crippen molar-refractivity contribution < 1.29 is 13.9 Å². The van der Waals surface area contributed by atoms with Crippen molar-refractivity contribution in [1.29, 1.82) is 0 Å². The fourth-order valence-corrected chi connectivity index (χ4v) is 1.31. The van der Waals surface area contributed by atoms with E-state index in [4.69, 9.17) is 4.74 Å². The second-order valence-corrected chi connectivity index (χ2v) is 3.50. The molecule has 0 amide bonds. The van der Waals surface area contributed by atoms with E-state index in [1.807, 2.05) is 6.92 Å². The summed E-state index contributed by atoms with van der Waals surface area (Å²) in [5.41, 5.74) is 0.794. The molecule has 0 aliphatic rings. The largest absolute Gasteiger partial charge is 0.491 e. The number of halogens is 1. The van der Waals surface area contributed by atoms with Crippen molar-refractivity contribution >= 4 is 5.78 Å². The summed E-state index contributed by atoms with van der Waals surface area (Å²) in [6, 6.07) is 4.79. The van der Waals surface area contributed by atoms with Gasteiger partial charge in [0.2, 0.25) is 0 Å². The van der Waals surface area contributed by atoms with Gasteiger partial charge in [-0.15, -0.1) is 0 Å². The number of hydrogen-bond donors (Lipinski definition) is 1. The van der Waals surface area contributed by atoms with Crippen LogP contribution >= 0.6 is 0 Å². The molecule has 0 unspecified atom stereocenters. The van der Waals surface area contributed by atoms with Crippen LogP contribution in [0.15, 0.2) is 18.2 Å². The molecule has 0 aliphatic heterocycles. The maximum Gasteiger partial charge on any atom is 0.165 e. The maximum atomic E-state index is 13.4. The lowest BCUT2D eigenvalue weighted by atomic mass is 10.2. The van der Waals surface area contributed by atoms with Crippen molar-refractivity contribution in [3.63, 3.8) is 0 Å². The molecule has 4 heteroatoms. The Balaban J connectivity index is 2.55. The minimum absolute atomic E-state index is 0.0615. The van der Waals surface area contributed by atoms with Gasteiger partial charge < -0.3 is 10.1 Å². The Hall–Kier alpha value is -1.42. The third-order valence-electron chi connectivity index (χ3n) is 2.00. The number of benzene rings is 1. The molecule has 1 aromatic rings. The Morgan fingerprint density at radius 2 is 2.25 bits per heavy atom. The first kappa shape index (κ1) is 12.6. The second kappa shape index (κ2) is 6.23. The topological polar surface area (TPSA) is 38.3 Å². The number of ketones is 1. The van der Waals surface area contributed by atoms with Gasteiger partial charge in [-0.2, -0.15) is 0 Å². The maximum absolute atomic E-state index is 13.4. The Labute approximate surface area is 94.6 Å². The molecule has 0 heterocycles. The minimum Gasteiger partial charge on any atom is -0.491 e. The Morgan fingerprint density at radius 1 is 1.50 bits per heavy atom. The predicted molar refractivity (Wildman–Crippen MR) is 60.0 cm³/mol. The first-order valence-corrected chi connectivity index (χ1v) is 5.25. The van der Waals surface area contributed by atoms with Gasteiger partial charge in [-0.3, -0.25) is 4.79 Å². The molecule has 1 N–H and O–H groups in total. The van der Waals surface area contributed by atoms with Gasteiger partial charge >= 0.3 is 0 Å². The van der Waals surface area contributed by atoms with E-state index in [0.717, 1.165) is 5.56 Å². The highest BCUT2D eigenvalue weighted by atomic mass is 19.1. The highest BCUT2D eigenvalue weighted by Crippen LogP contribution is 2.18. The molecule has 0 saturated heterocycles. The number of ether oxygens (including phenoxy) is 1. The zero-order chi connectivity index (χ0) is 12.0. The summed E-state index contributed by atoms with van der Waals surface area (Å²) < 4.78 is 18.5. The molecule has 1 rings (SSSR count). The molecule has 0 aliphatic carbocycles. The van der Waals surface area contributed by atoms with Crippen LogP contribution in [0.4, 0.5) is 4.39 Å². The molecular weight excluding hydrogens is 209 g/mol. The Morgan fingerprint density at radius 3 is 2.81 bits per heavy atom. The van der Waals surface area contributed by atoms with E-state index >= 15 is 0 Å². The van der Waals surface area contributed by atoms with Gasteiger partial charge in [0.05, 0.1) is 13.2 Å². The van der Waals surface area contributed by atoms with Crippen molar-refractivity contribution in [3.8, 4) is 5.75 Å². The molecule has 1 aromatic carbocycles. The first-order valence-electron chi connectivity index (χ1n) is 5.25. The zero-order valence-corrected chi connectivity index (χ0v) is 9.55. The normalized spacial score (nSPS) is 10.2. The number of nitrogens with one attached hydrogen (secondary N) is 1. The van der Waals surface area contributed by atoms with Crippen LogP contribution in [0, 0.1) is 5.82 Å². The van der Waals surface area contributed by atoms with Crippen LogP contribution < -0.4 is 10.1 Å². The van der Waals surface area contributed by atoms with Gasteiger partial charge in [-0.05, 0) is 31.5 Å². The number of carbonyl (C=O) groups is 1. The lowest BCUT2D eigenvalue weighted by Crippen LogP contribution is -2.20. The average molecular weight is 225 g/mol. The van der Waals surface area contributed by atoms with Crippen molar-refractivity contribution in [1.82, 2.24) is 5.32 Å². The Bertz CT molecular complexity index is 366. The first-order chi connectivity index (χ1) is 7.63. The third-order valence-corrected chi connectivity index (χ3v) is 2.00. The van der Waals surface area contributed by atoms with E-state index in [0.29, 0.717) is 19.7 Å². The molecule has 0 bridgehead atoms. The van der Waals surface area contributed by atoms with Crippen molar-refractivity contribution in [2.45, 2.75) is 20.4 Å². The van der Waals surface area contributed by atoms with E-state index in [2.05, 4.69) is 5.32 Å². The predicted octanol–water partition coefficient (Wildman–Crippen LogP) is 1.90. The number of Topliss-reactive ketones (excluding diaryl/α,β-unsaturated/α-hetero) is 1. The number of rotatable bonds is 6. The molecule has 0 aromatic heterocycles. The molecular formula is C12H16FNO2. The van der Waals surface area contributed by atoms with Crippen LogP contribution in [-0.2, 0) is 11.3 Å². The van der Waals surface area contributed by atoms with E-state index < -0.39 is 0 Å². The summed E-state index contributed by atoms with van der Waals surface area (Å²) in [4.78, 5) is 10.7. The van der Waals surface area contributed by atoms with Gasteiger partial charge in [0.15, 0.2) is 11.6 Å². The van der Waals surface area contributed by atoms with Gasteiger partial charge in [-0.1, -0.05) is 6.07 Å². The van der Waals surface area contributed by atoms with Crippen LogP contribution in [0.25, 0.3) is 0 Å². The average Bonchev–Trinajstić information content (AvgIpc) is 2.21. The smallest absolute Gasteiger partial charge is 0.165 e. The van der Waals surface area contributed by atoms with Crippen molar-refractivity contribution in [2.24, 2.45) is 0 Å². The molecule has 16 heavy (non-hydrogen) atoms. The molecule has 0 saturated carbocycles. The highest BCUT2D eigenvalue weighted by Gasteiger charge is 2.04. The van der Waals surface area contributed by atoms with E-state index in [1.165, 1.54) is 13.0 Å². The SMILES string of the molecule is CCOc1ccc(CNCC(C)=O)cc1F. The summed E-state index contributed by atoms with van der Waals surface area (Å²) in [7, 11) is 0. The summed E-state index contributed by atoms with van der Waals surface area (Å²) in [6.45, 7) is 4.53. The Kier molecular flexibility index (Phi) is 4.92. The minimum atomic E-state index is -0.371. The van der Waals surface area contributed by atoms with E-state index in [-0.39, 0.29) is 17.3 Å². The van der Waals surface area contributed by atoms with Gasteiger partial charge in [-0.25, -0.2) is 4.39 Å². The lowest BCUT2D eigenvalue weighted by Gasteiger charge is -2.07. The summed E-state index contributed by atoms with van der Waals surface area (Å²) in [6.07, 6.45) is 0. The van der Waals surface area contributed by atoms with E-state index in [1.54, 1.807) is 12.1 Å². The molecule has 0 fully saturated rings. The standard InChI is InChI=1S/C12H16FNO2/c1-3-16-12-5-4-10(6-11(12)13)8-14-7-9(2)15/h4-6,14H,3,7-8H2,1-2H3. The molecule has 0 radical (unpaired) electrons. The monoisotopic (exact) mass is 225 g/mol. The summed E-state index contributed by atoms with van der Waals surface area (Å²) in [5.74, 6) is -0.0480. The fraction of sp³-hybridized carbons (Fsp3) is 0.417. The van der Waals surface area contributed by atoms with Gasteiger partial charge in [0.25, 0.3) is 0 Å². The quantitative estimate of drug-likeness (QED) is 0.803. The van der Waals surface area contributed by atoms with Crippen LogP contribution in [0.5, 0.6) is 5.75 Å². The molecule has 3 nitrogen and oxygen atoms in total. The summed E-state index contributed by atoms with van der Waals surface area (Å²) >= 11 is 0. The number of carbonyl (C=O) groups excluding carboxylic acids is 1. The van der Waals surface area contributed by atoms with E-state index in [9.17, 15) is 9.18 Å². The summed E-state index contributed by atoms with van der Waals surface area (Å²) in [5, 5.41) is 2.92. The van der Waals surface area contributed by atoms with Crippen LogP contribution in [0.3, 0.4) is 0 Å². The lowest BCUT2D eigenvalue weighted by molar-refractivity contribution is -0.116. The van der Waals surface area contributed by atoms with Gasteiger partial charge in [0, 0.05) is 6.54 Å². The third kappa shape index (κ3) is 3.98. The fourth-order valence-electron chi connectivity index (χ4n) is 1.31. The van der Waals surface area contributed by atoms with Crippen molar-refractivity contribution in [2.75, 3.05) is 13.2 Å². The molecule has 0 atom stereocenters. The molecule has 88 valence electrons. The van der Waals surface area contributed by atoms with Crippen LogP contribution in [0.1, 0.15) is 19.4 Å². The van der Waals surface area contributed by atoms with Crippen molar-refractivity contribution in [3.05, 3.63) is 29.6 Å². The zero-order valence-electron chi connectivity index (χ0n) is 9.55. The van der Waals surface area contributed by atoms with Crippen LogP contribution in [-0.4, -0.2) is 18.9 Å². The second-order valence-electron chi connectivity index (χ2n) is 3.50. The van der Waals surface area contributed by atoms with Gasteiger partial charge in [0.1, 0.15) is 5.78 Å². The highest BCUT2D eigenvalue weighted by molar-refractivity contribution is 5.77. The van der Waals surface area contributed by atoms with Crippen LogP contribution in [0.2, 0.25) is 0 Å². The number of hydrogen-bond acceptors (Lipinski definition) is 3. The molecule has 0 spiro atoms.